The lowest BCUT2D eigenvalue weighted by Crippen LogP contribution is -2.04. The Hall–Kier alpha value is -1.81. The number of hydrogen-bond acceptors (Lipinski definition) is 4. The Balaban J connectivity index is 1.67. The van der Waals surface area contributed by atoms with E-state index in [2.05, 4.69) is 10.2 Å². The second-order valence-electron chi connectivity index (χ2n) is 5.57. The molecule has 0 unspecified atom stereocenters. The maximum absolute atomic E-state index is 5.99. The summed E-state index contributed by atoms with van der Waals surface area (Å²) in [6.07, 6.45) is 6.06. The largest absolute Gasteiger partial charge is 0.451 e. The van der Waals surface area contributed by atoms with Crippen LogP contribution in [0.1, 0.15) is 43.9 Å². The summed E-state index contributed by atoms with van der Waals surface area (Å²) in [6.45, 7) is 0. The summed E-state index contributed by atoms with van der Waals surface area (Å²) in [6, 6.07) is 7.40. The van der Waals surface area contributed by atoms with Crippen LogP contribution >= 0.6 is 11.6 Å². The van der Waals surface area contributed by atoms with Gasteiger partial charge in [-0.05, 0) is 37.1 Å². The normalized spacial score (nSPS) is 16.6. The summed E-state index contributed by atoms with van der Waals surface area (Å²) >= 11 is 5.99. The quantitative estimate of drug-likeness (QED) is 0.654. The molecule has 4 rings (SSSR count). The molecule has 0 atom stereocenters. The zero-order valence-corrected chi connectivity index (χ0v) is 12.3. The number of benzene rings is 1. The molecule has 1 aliphatic rings. The van der Waals surface area contributed by atoms with Crippen molar-refractivity contribution in [3.8, 4) is 11.7 Å². The highest BCUT2D eigenvalue weighted by atomic mass is 35.5. The number of rotatable bonds is 2. The molecule has 0 spiro atoms. The molecule has 0 amide bonds. The molecule has 4 nitrogen and oxygen atoms in total. The van der Waals surface area contributed by atoms with Crippen LogP contribution in [0.4, 0.5) is 0 Å². The second-order valence-corrected chi connectivity index (χ2v) is 6.01. The molecule has 108 valence electrons. The van der Waals surface area contributed by atoms with Crippen LogP contribution in [0.25, 0.3) is 22.6 Å². The van der Waals surface area contributed by atoms with Crippen LogP contribution < -0.4 is 0 Å². The third-order valence-electron chi connectivity index (χ3n) is 4.08. The van der Waals surface area contributed by atoms with Gasteiger partial charge in [-0.1, -0.05) is 30.9 Å². The summed E-state index contributed by atoms with van der Waals surface area (Å²) in [7, 11) is 0. The molecule has 3 aromatic rings. The van der Waals surface area contributed by atoms with Gasteiger partial charge in [-0.2, -0.15) is 0 Å². The molecule has 0 saturated heterocycles. The fraction of sp³-hybridized carbons (Fsp3) is 0.375. The van der Waals surface area contributed by atoms with E-state index in [4.69, 9.17) is 20.4 Å². The number of nitrogens with zero attached hydrogens (tertiary/aromatic N) is 2. The van der Waals surface area contributed by atoms with Crippen molar-refractivity contribution in [1.29, 1.82) is 0 Å². The average Bonchev–Trinajstić information content (AvgIpc) is 3.14. The maximum Gasteiger partial charge on any atom is 0.283 e. The zero-order chi connectivity index (χ0) is 14.2. The Labute approximate surface area is 127 Å². The molecule has 1 saturated carbocycles. The van der Waals surface area contributed by atoms with E-state index < -0.39 is 0 Å². The van der Waals surface area contributed by atoms with Gasteiger partial charge in [-0.15, -0.1) is 10.2 Å². The van der Waals surface area contributed by atoms with Crippen molar-refractivity contribution < 1.29 is 8.83 Å². The summed E-state index contributed by atoms with van der Waals surface area (Å²) in [5, 5.41) is 9.96. The van der Waals surface area contributed by atoms with Gasteiger partial charge >= 0.3 is 0 Å². The van der Waals surface area contributed by atoms with Crippen molar-refractivity contribution in [2.45, 2.75) is 38.0 Å². The number of halogens is 1. The highest BCUT2D eigenvalue weighted by Gasteiger charge is 2.22. The first-order valence-electron chi connectivity index (χ1n) is 7.32. The van der Waals surface area contributed by atoms with Gasteiger partial charge in [-0.25, -0.2) is 0 Å². The van der Waals surface area contributed by atoms with E-state index in [1.807, 2.05) is 18.2 Å². The van der Waals surface area contributed by atoms with Crippen molar-refractivity contribution >= 4 is 22.6 Å². The van der Waals surface area contributed by atoms with E-state index in [9.17, 15) is 0 Å². The van der Waals surface area contributed by atoms with Crippen LogP contribution in [0, 0.1) is 0 Å². The van der Waals surface area contributed by atoms with Gasteiger partial charge in [0.2, 0.25) is 5.89 Å². The van der Waals surface area contributed by atoms with Crippen LogP contribution in [-0.4, -0.2) is 10.2 Å². The number of aromatic nitrogens is 2. The van der Waals surface area contributed by atoms with Crippen LogP contribution in [0.2, 0.25) is 5.02 Å². The van der Waals surface area contributed by atoms with Gasteiger partial charge in [0.25, 0.3) is 5.89 Å². The van der Waals surface area contributed by atoms with Gasteiger partial charge in [-0.3, -0.25) is 0 Å². The third kappa shape index (κ3) is 2.44. The first kappa shape index (κ1) is 12.9. The molecule has 2 heterocycles. The number of furan rings is 1. The van der Waals surface area contributed by atoms with E-state index in [0.29, 0.717) is 22.6 Å². The Morgan fingerprint density at radius 3 is 2.71 bits per heavy atom. The highest BCUT2D eigenvalue weighted by Crippen LogP contribution is 2.34. The lowest BCUT2D eigenvalue weighted by atomic mass is 9.89. The Kier molecular flexibility index (Phi) is 3.19. The van der Waals surface area contributed by atoms with Crippen LogP contribution in [-0.2, 0) is 0 Å². The van der Waals surface area contributed by atoms with Crippen molar-refractivity contribution in [1.82, 2.24) is 10.2 Å². The molecule has 0 radical (unpaired) electrons. The molecule has 1 aromatic carbocycles. The molecule has 0 bridgehead atoms. The minimum atomic E-state index is 0.402. The molecule has 1 fully saturated rings. The van der Waals surface area contributed by atoms with Gasteiger partial charge in [0, 0.05) is 16.3 Å². The SMILES string of the molecule is Clc1ccc2oc(-c3nnc(C4CCCCC4)o3)cc2c1. The fourth-order valence-corrected chi connectivity index (χ4v) is 3.15. The van der Waals surface area contributed by atoms with E-state index in [1.54, 1.807) is 6.07 Å². The second kappa shape index (κ2) is 5.19. The average molecular weight is 303 g/mol. The topological polar surface area (TPSA) is 52.1 Å². The van der Waals surface area contributed by atoms with Crippen LogP contribution in [0.3, 0.4) is 0 Å². The minimum absolute atomic E-state index is 0.402. The molecular weight excluding hydrogens is 288 g/mol. The van der Waals surface area contributed by atoms with E-state index in [-0.39, 0.29) is 0 Å². The molecule has 0 N–H and O–H groups in total. The molecular formula is C16H15ClN2O2. The zero-order valence-electron chi connectivity index (χ0n) is 11.5. The predicted molar refractivity (Wildman–Crippen MR) is 80.3 cm³/mol. The number of fused-ring (bicyclic) bond motifs is 1. The van der Waals surface area contributed by atoms with Crippen molar-refractivity contribution in [3.63, 3.8) is 0 Å². The van der Waals surface area contributed by atoms with Crippen molar-refractivity contribution in [2.75, 3.05) is 0 Å². The maximum atomic E-state index is 5.99. The van der Waals surface area contributed by atoms with Crippen molar-refractivity contribution in [2.24, 2.45) is 0 Å². The van der Waals surface area contributed by atoms with E-state index in [0.717, 1.165) is 29.7 Å². The van der Waals surface area contributed by atoms with Gasteiger partial charge in [0.1, 0.15) is 5.58 Å². The summed E-state index contributed by atoms with van der Waals surface area (Å²) in [4.78, 5) is 0. The first-order chi connectivity index (χ1) is 10.3. The van der Waals surface area contributed by atoms with Crippen LogP contribution in [0.15, 0.2) is 33.1 Å². The smallest absolute Gasteiger partial charge is 0.283 e. The third-order valence-corrected chi connectivity index (χ3v) is 4.32. The van der Waals surface area contributed by atoms with Gasteiger partial charge < -0.3 is 8.83 Å². The van der Waals surface area contributed by atoms with Crippen molar-refractivity contribution in [3.05, 3.63) is 35.2 Å². The van der Waals surface area contributed by atoms with Gasteiger partial charge in [0.15, 0.2) is 5.76 Å². The van der Waals surface area contributed by atoms with E-state index >= 15 is 0 Å². The number of hydrogen-bond donors (Lipinski definition) is 0. The molecule has 5 heteroatoms. The lowest BCUT2D eigenvalue weighted by Gasteiger charge is -2.17. The lowest BCUT2D eigenvalue weighted by molar-refractivity contribution is 0.364. The summed E-state index contributed by atoms with van der Waals surface area (Å²) in [5.74, 6) is 2.19. The Morgan fingerprint density at radius 1 is 1.00 bits per heavy atom. The monoisotopic (exact) mass is 302 g/mol. The minimum Gasteiger partial charge on any atom is -0.451 e. The fourth-order valence-electron chi connectivity index (χ4n) is 2.97. The Bertz CT molecular complexity index is 772. The molecule has 21 heavy (non-hydrogen) atoms. The predicted octanol–water partition coefficient (Wildman–Crippen LogP) is 5.18. The molecule has 1 aliphatic carbocycles. The highest BCUT2D eigenvalue weighted by molar-refractivity contribution is 6.31. The molecule has 0 aliphatic heterocycles. The standard InChI is InChI=1S/C16H15ClN2O2/c17-12-6-7-13-11(8-12)9-14(20-13)16-19-18-15(21-16)10-4-2-1-3-5-10/h6-10H,1-5H2. The Morgan fingerprint density at radius 2 is 1.86 bits per heavy atom. The van der Waals surface area contributed by atoms with Gasteiger partial charge in [0.05, 0.1) is 0 Å². The van der Waals surface area contributed by atoms with E-state index in [1.165, 1.54) is 19.3 Å². The first-order valence-corrected chi connectivity index (χ1v) is 7.70. The van der Waals surface area contributed by atoms with Crippen LogP contribution in [0.5, 0.6) is 0 Å². The summed E-state index contributed by atoms with van der Waals surface area (Å²) in [5.41, 5.74) is 0.770. The summed E-state index contributed by atoms with van der Waals surface area (Å²) < 4.78 is 11.6. The molecule has 2 aromatic heterocycles.